The van der Waals surface area contributed by atoms with Gasteiger partial charge in [-0.05, 0) is 30.5 Å². The molecule has 2 aromatic carbocycles. The van der Waals surface area contributed by atoms with Gasteiger partial charge in [-0.25, -0.2) is 9.18 Å². The molecule has 0 spiro atoms. The maximum atomic E-state index is 15.2. The number of ether oxygens (including phenoxy) is 2. The van der Waals surface area contributed by atoms with Gasteiger partial charge in [0, 0.05) is 26.7 Å². The standard InChI is InChI=1S/C26H29FN4O7/c1-28-31-14-20(38-26(35)36)24(33)18-11-19(27)23(25(34)22(18)31)30-10-8-17(13-30)12-29-9-7-21(32)37-15-16-5-3-2-4-6-16/h2-6,11,14,17,28-29,34H,7-10,12-13,15H2,1H3,(H,35,36). The lowest BCUT2D eigenvalue weighted by Gasteiger charge is -2.23. The monoisotopic (exact) mass is 528 g/mol. The summed E-state index contributed by atoms with van der Waals surface area (Å²) in [7, 11) is 1.49. The van der Waals surface area contributed by atoms with Crippen LogP contribution in [0.25, 0.3) is 10.9 Å². The lowest BCUT2D eigenvalue weighted by Crippen LogP contribution is -2.28. The zero-order valence-corrected chi connectivity index (χ0v) is 20.8. The van der Waals surface area contributed by atoms with Gasteiger partial charge in [-0.15, -0.1) is 0 Å². The number of aromatic nitrogens is 1. The van der Waals surface area contributed by atoms with Gasteiger partial charge in [0.1, 0.15) is 17.8 Å². The molecule has 3 aromatic rings. The first-order valence-electron chi connectivity index (χ1n) is 12.1. The highest BCUT2D eigenvalue weighted by molar-refractivity contribution is 5.92. The first-order chi connectivity index (χ1) is 18.3. The number of fused-ring (bicyclic) bond motifs is 1. The Labute approximate surface area is 217 Å². The van der Waals surface area contributed by atoms with E-state index in [-0.39, 0.29) is 41.5 Å². The number of pyridine rings is 1. The molecule has 0 radical (unpaired) electrons. The van der Waals surface area contributed by atoms with Crippen LogP contribution in [0.4, 0.5) is 14.9 Å². The molecule has 1 atom stereocenters. The molecule has 1 saturated heterocycles. The lowest BCUT2D eigenvalue weighted by molar-refractivity contribution is -0.144. The van der Waals surface area contributed by atoms with E-state index in [1.54, 1.807) is 4.90 Å². The van der Waals surface area contributed by atoms with Crippen LogP contribution in [0.15, 0.2) is 47.4 Å². The molecule has 4 N–H and O–H groups in total. The predicted molar refractivity (Wildman–Crippen MR) is 138 cm³/mol. The first kappa shape index (κ1) is 26.7. The minimum Gasteiger partial charge on any atom is -0.504 e. The van der Waals surface area contributed by atoms with E-state index < -0.39 is 28.9 Å². The molecule has 1 unspecified atom stereocenters. The Bertz CT molecular complexity index is 1380. The van der Waals surface area contributed by atoms with Crippen molar-refractivity contribution >= 4 is 28.7 Å². The number of carbonyl (C=O) groups excluding carboxylic acids is 1. The number of rotatable bonds is 10. The van der Waals surface area contributed by atoms with E-state index in [0.717, 1.165) is 24.2 Å². The van der Waals surface area contributed by atoms with E-state index in [1.165, 1.54) is 11.7 Å². The maximum Gasteiger partial charge on any atom is 0.511 e. The lowest BCUT2D eigenvalue weighted by atomic mass is 10.1. The summed E-state index contributed by atoms with van der Waals surface area (Å²) >= 11 is 0. The van der Waals surface area contributed by atoms with E-state index >= 15 is 4.39 Å². The fourth-order valence-corrected chi connectivity index (χ4v) is 4.56. The molecule has 2 heterocycles. The molecule has 11 nitrogen and oxygen atoms in total. The Morgan fingerprint density at radius 3 is 2.71 bits per heavy atom. The van der Waals surface area contributed by atoms with Crippen molar-refractivity contribution < 1.29 is 33.7 Å². The van der Waals surface area contributed by atoms with Crippen LogP contribution in [-0.2, 0) is 16.1 Å². The minimum atomic E-state index is -1.69. The van der Waals surface area contributed by atoms with E-state index in [9.17, 15) is 19.5 Å². The van der Waals surface area contributed by atoms with Crippen molar-refractivity contribution in [2.24, 2.45) is 5.92 Å². The minimum absolute atomic E-state index is 0.00206. The number of carbonyl (C=O) groups is 2. The van der Waals surface area contributed by atoms with Crippen LogP contribution in [0, 0.1) is 11.7 Å². The SMILES string of the molecule is CNn1cc(OC(=O)O)c(=O)c2cc(F)c(N3CCC(CNCCC(=O)OCc4ccccc4)C3)c(O)c21. The molecule has 1 aromatic heterocycles. The number of benzene rings is 2. The van der Waals surface area contributed by atoms with Gasteiger partial charge in [-0.3, -0.25) is 14.3 Å². The Morgan fingerprint density at radius 1 is 1.24 bits per heavy atom. The molecule has 12 heteroatoms. The second-order valence-electron chi connectivity index (χ2n) is 8.94. The van der Waals surface area contributed by atoms with E-state index in [4.69, 9.17) is 9.84 Å². The molecule has 202 valence electrons. The highest BCUT2D eigenvalue weighted by Crippen LogP contribution is 2.39. The Balaban J connectivity index is 1.37. The Morgan fingerprint density at radius 2 is 2.00 bits per heavy atom. The third-order valence-electron chi connectivity index (χ3n) is 6.38. The van der Waals surface area contributed by atoms with Crippen LogP contribution in [0.3, 0.4) is 0 Å². The molecule has 1 aliphatic heterocycles. The number of aromatic hydroxyl groups is 1. The van der Waals surface area contributed by atoms with E-state index in [0.29, 0.717) is 26.2 Å². The molecule has 0 amide bonds. The molecular weight excluding hydrogens is 499 g/mol. The highest BCUT2D eigenvalue weighted by atomic mass is 19.1. The second kappa shape index (κ2) is 11.8. The number of phenols is 1. The van der Waals surface area contributed by atoms with Gasteiger partial charge in [0.25, 0.3) is 0 Å². The summed E-state index contributed by atoms with van der Waals surface area (Å²) in [6, 6.07) is 10.4. The van der Waals surface area contributed by atoms with Crippen LogP contribution in [-0.4, -0.2) is 60.2 Å². The summed E-state index contributed by atoms with van der Waals surface area (Å²) in [4.78, 5) is 37.3. The normalized spacial score (nSPS) is 15.0. The first-order valence-corrected chi connectivity index (χ1v) is 12.1. The summed E-state index contributed by atoms with van der Waals surface area (Å²) in [6.45, 7) is 2.19. The number of halogens is 1. The molecule has 38 heavy (non-hydrogen) atoms. The second-order valence-corrected chi connectivity index (χ2v) is 8.94. The fourth-order valence-electron chi connectivity index (χ4n) is 4.56. The molecule has 0 saturated carbocycles. The number of phenolic OH excluding ortho intramolecular Hbond substituents is 1. The number of hydrogen-bond acceptors (Lipinski definition) is 9. The Kier molecular flexibility index (Phi) is 8.31. The van der Waals surface area contributed by atoms with Gasteiger partial charge in [0.05, 0.1) is 18.0 Å². The van der Waals surface area contributed by atoms with Crippen LogP contribution < -0.4 is 25.8 Å². The third-order valence-corrected chi connectivity index (χ3v) is 6.38. The zero-order valence-electron chi connectivity index (χ0n) is 20.8. The number of anilines is 1. The van der Waals surface area contributed by atoms with Crippen LogP contribution in [0.1, 0.15) is 18.4 Å². The molecule has 0 aliphatic carbocycles. The van der Waals surface area contributed by atoms with Crippen LogP contribution >= 0.6 is 0 Å². The van der Waals surface area contributed by atoms with Crippen molar-refractivity contribution in [3.63, 3.8) is 0 Å². The molecule has 1 aliphatic rings. The summed E-state index contributed by atoms with van der Waals surface area (Å²) in [5.74, 6) is -1.94. The summed E-state index contributed by atoms with van der Waals surface area (Å²) < 4.78 is 26.1. The average Bonchev–Trinajstić information content (AvgIpc) is 3.35. The summed E-state index contributed by atoms with van der Waals surface area (Å²) in [5, 5.41) is 22.9. The van der Waals surface area contributed by atoms with Gasteiger partial charge >= 0.3 is 12.1 Å². The maximum absolute atomic E-state index is 15.2. The highest BCUT2D eigenvalue weighted by Gasteiger charge is 2.29. The molecular formula is C26H29FN4O7. The van der Waals surface area contributed by atoms with Crippen LogP contribution in [0.2, 0.25) is 0 Å². The molecule has 0 bridgehead atoms. The smallest absolute Gasteiger partial charge is 0.504 e. The largest absolute Gasteiger partial charge is 0.511 e. The van der Waals surface area contributed by atoms with Crippen molar-refractivity contribution in [2.75, 3.05) is 43.6 Å². The van der Waals surface area contributed by atoms with Gasteiger partial charge in [-0.2, -0.15) is 0 Å². The predicted octanol–water partition coefficient (Wildman–Crippen LogP) is 2.63. The van der Waals surface area contributed by atoms with Crippen molar-refractivity contribution in [3.8, 4) is 11.5 Å². The van der Waals surface area contributed by atoms with Crippen molar-refractivity contribution in [3.05, 3.63) is 64.2 Å². The number of nitrogens with one attached hydrogen (secondary N) is 2. The number of nitrogens with zero attached hydrogens (tertiary/aromatic N) is 2. The van der Waals surface area contributed by atoms with Gasteiger partial charge in [0.15, 0.2) is 11.6 Å². The van der Waals surface area contributed by atoms with Crippen molar-refractivity contribution in [1.82, 2.24) is 9.99 Å². The quantitative estimate of drug-likeness (QED) is 0.229. The average molecular weight is 529 g/mol. The number of esters is 1. The molecule has 4 rings (SSSR count). The molecule has 1 fully saturated rings. The van der Waals surface area contributed by atoms with Crippen molar-refractivity contribution in [1.29, 1.82) is 0 Å². The number of hydrogen-bond donors (Lipinski definition) is 4. The van der Waals surface area contributed by atoms with Crippen LogP contribution in [0.5, 0.6) is 11.5 Å². The van der Waals surface area contributed by atoms with E-state index in [1.807, 2.05) is 30.3 Å². The topological polar surface area (TPSA) is 142 Å². The Hall–Kier alpha value is -4.32. The van der Waals surface area contributed by atoms with Gasteiger partial charge in [-0.1, -0.05) is 30.3 Å². The zero-order chi connectivity index (χ0) is 27.2. The number of carboxylic acid groups (broad SMARTS) is 1. The van der Waals surface area contributed by atoms with Gasteiger partial charge in [0.2, 0.25) is 11.2 Å². The van der Waals surface area contributed by atoms with E-state index in [2.05, 4.69) is 15.5 Å². The fraction of sp³-hybridized carbons (Fsp3) is 0.346. The third kappa shape index (κ3) is 5.97. The van der Waals surface area contributed by atoms with Gasteiger partial charge < -0.3 is 35.3 Å². The van der Waals surface area contributed by atoms with Crippen molar-refractivity contribution in [2.45, 2.75) is 19.4 Å². The summed E-state index contributed by atoms with van der Waals surface area (Å²) in [6.07, 6.45) is 0.346. The summed E-state index contributed by atoms with van der Waals surface area (Å²) in [5.41, 5.74) is 2.74.